The Morgan fingerprint density at radius 1 is 1.25 bits per heavy atom. The normalized spacial score (nSPS) is 10.8. The molecule has 0 radical (unpaired) electrons. The standard InChI is InChI=1S/C15H17BrClNOS/c1-10-5-13(6-11(2)15(10)17)19-4-3-18-8-14-7-12(16)9-20-14/h5-7,9,18H,3-4,8H2,1-2H3. The predicted octanol–water partition coefficient (Wildman–Crippen LogP) is 4.95. The molecule has 2 aromatic rings. The van der Waals surface area contributed by atoms with Gasteiger partial charge in [-0.1, -0.05) is 11.6 Å². The van der Waals surface area contributed by atoms with Crippen molar-refractivity contribution < 1.29 is 4.74 Å². The van der Waals surface area contributed by atoms with Gasteiger partial charge in [0.25, 0.3) is 0 Å². The summed E-state index contributed by atoms with van der Waals surface area (Å²) < 4.78 is 6.88. The molecule has 20 heavy (non-hydrogen) atoms. The van der Waals surface area contributed by atoms with Crippen LogP contribution in [-0.4, -0.2) is 13.2 Å². The molecule has 0 aliphatic rings. The average Bonchev–Trinajstić information content (AvgIpc) is 2.81. The van der Waals surface area contributed by atoms with Crippen LogP contribution in [0.25, 0.3) is 0 Å². The van der Waals surface area contributed by atoms with E-state index in [1.54, 1.807) is 11.3 Å². The Morgan fingerprint density at radius 2 is 1.95 bits per heavy atom. The van der Waals surface area contributed by atoms with Gasteiger partial charge in [0.05, 0.1) is 0 Å². The van der Waals surface area contributed by atoms with E-state index in [1.165, 1.54) is 4.88 Å². The molecule has 1 aromatic carbocycles. The fourth-order valence-electron chi connectivity index (χ4n) is 1.89. The lowest BCUT2D eigenvalue weighted by Gasteiger charge is -2.10. The lowest BCUT2D eigenvalue weighted by atomic mass is 10.1. The van der Waals surface area contributed by atoms with Crippen molar-refractivity contribution in [3.8, 4) is 5.75 Å². The first-order valence-corrected chi connectivity index (χ1v) is 8.44. The van der Waals surface area contributed by atoms with Gasteiger partial charge in [0.1, 0.15) is 12.4 Å². The van der Waals surface area contributed by atoms with E-state index in [0.717, 1.165) is 39.5 Å². The molecule has 108 valence electrons. The Labute approximate surface area is 137 Å². The number of nitrogens with one attached hydrogen (secondary N) is 1. The smallest absolute Gasteiger partial charge is 0.119 e. The van der Waals surface area contributed by atoms with Gasteiger partial charge < -0.3 is 10.1 Å². The lowest BCUT2D eigenvalue weighted by Crippen LogP contribution is -2.20. The molecule has 0 bridgehead atoms. The molecule has 0 amide bonds. The topological polar surface area (TPSA) is 21.3 Å². The third-order valence-corrected chi connectivity index (χ3v) is 5.17. The molecular formula is C15H17BrClNOS. The van der Waals surface area contributed by atoms with Crippen LogP contribution in [-0.2, 0) is 6.54 Å². The maximum absolute atomic E-state index is 6.13. The SMILES string of the molecule is Cc1cc(OCCNCc2cc(Br)cs2)cc(C)c1Cl. The summed E-state index contributed by atoms with van der Waals surface area (Å²) in [5.74, 6) is 0.880. The molecule has 5 heteroatoms. The second kappa shape index (κ2) is 7.46. The second-order valence-electron chi connectivity index (χ2n) is 4.63. The van der Waals surface area contributed by atoms with Crippen molar-refractivity contribution in [2.24, 2.45) is 0 Å². The van der Waals surface area contributed by atoms with Gasteiger partial charge >= 0.3 is 0 Å². The third kappa shape index (κ3) is 4.48. The molecule has 0 spiro atoms. The Balaban J connectivity index is 1.73. The van der Waals surface area contributed by atoms with E-state index in [4.69, 9.17) is 16.3 Å². The van der Waals surface area contributed by atoms with Crippen LogP contribution < -0.4 is 10.1 Å². The minimum Gasteiger partial charge on any atom is -0.492 e. The highest BCUT2D eigenvalue weighted by Crippen LogP contribution is 2.25. The summed E-state index contributed by atoms with van der Waals surface area (Å²) >= 11 is 11.3. The van der Waals surface area contributed by atoms with Gasteiger partial charge in [0.2, 0.25) is 0 Å². The minimum atomic E-state index is 0.646. The number of hydrogen-bond donors (Lipinski definition) is 1. The van der Waals surface area contributed by atoms with Gasteiger partial charge in [-0.25, -0.2) is 0 Å². The molecule has 0 fully saturated rings. The Morgan fingerprint density at radius 3 is 2.55 bits per heavy atom. The van der Waals surface area contributed by atoms with Crippen LogP contribution in [0.2, 0.25) is 5.02 Å². The number of rotatable bonds is 6. The highest BCUT2D eigenvalue weighted by molar-refractivity contribution is 9.10. The number of halogens is 2. The fourth-order valence-corrected chi connectivity index (χ4v) is 3.42. The zero-order valence-corrected chi connectivity index (χ0v) is 14.7. The van der Waals surface area contributed by atoms with Crippen LogP contribution in [0.15, 0.2) is 28.1 Å². The van der Waals surface area contributed by atoms with E-state index in [9.17, 15) is 0 Å². The Bertz CT molecular complexity index is 562. The van der Waals surface area contributed by atoms with Gasteiger partial charge in [-0.2, -0.15) is 0 Å². The minimum absolute atomic E-state index is 0.646. The molecule has 0 aliphatic carbocycles. The van der Waals surface area contributed by atoms with Crippen LogP contribution in [0.3, 0.4) is 0 Å². The summed E-state index contributed by atoms with van der Waals surface area (Å²) in [5, 5.41) is 6.27. The number of hydrogen-bond acceptors (Lipinski definition) is 3. The van der Waals surface area contributed by atoms with Gasteiger partial charge in [-0.3, -0.25) is 0 Å². The first-order valence-electron chi connectivity index (χ1n) is 6.39. The van der Waals surface area contributed by atoms with E-state index in [0.29, 0.717) is 6.61 Å². The molecule has 1 N–H and O–H groups in total. The van der Waals surface area contributed by atoms with Crippen molar-refractivity contribution in [2.75, 3.05) is 13.2 Å². The van der Waals surface area contributed by atoms with E-state index < -0.39 is 0 Å². The first-order chi connectivity index (χ1) is 9.56. The van der Waals surface area contributed by atoms with Gasteiger partial charge in [0, 0.05) is 32.8 Å². The van der Waals surface area contributed by atoms with E-state index in [-0.39, 0.29) is 0 Å². The molecule has 0 aliphatic heterocycles. The summed E-state index contributed by atoms with van der Waals surface area (Å²) in [6, 6.07) is 6.09. The second-order valence-corrected chi connectivity index (χ2v) is 6.92. The molecule has 1 heterocycles. The van der Waals surface area contributed by atoms with Crippen LogP contribution in [0.1, 0.15) is 16.0 Å². The molecule has 1 aromatic heterocycles. The number of aryl methyl sites for hydroxylation is 2. The molecule has 2 nitrogen and oxygen atoms in total. The van der Waals surface area contributed by atoms with Crippen molar-refractivity contribution in [3.05, 3.63) is 49.1 Å². The van der Waals surface area contributed by atoms with Gasteiger partial charge in [-0.05, 0) is 59.1 Å². The number of ether oxygens (including phenoxy) is 1. The van der Waals surface area contributed by atoms with Crippen molar-refractivity contribution in [2.45, 2.75) is 20.4 Å². The lowest BCUT2D eigenvalue weighted by molar-refractivity contribution is 0.313. The third-order valence-electron chi connectivity index (χ3n) is 2.88. The van der Waals surface area contributed by atoms with Crippen molar-refractivity contribution in [1.29, 1.82) is 0 Å². The maximum atomic E-state index is 6.13. The molecule has 2 rings (SSSR count). The van der Waals surface area contributed by atoms with Crippen LogP contribution in [0.5, 0.6) is 5.75 Å². The predicted molar refractivity (Wildman–Crippen MR) is 90.1 cm³/mol. The monoisotopic (exact) mass is 373 g/mol. The van der Waals surface area contributed by atoms with Gasteiger partial charge in [-0.15, -0.1) is 11.3 Å². The van der Waals surface area contributed by atoms with Crippen LogP contribution in [0, 0.1) is 13.8 Å². The van der Waals surface area contributed by atoms with Crippen molar-refractivity contribution >= 4 is 38.9 Å². The number of thiophene rings is 1. The Hall–Kier alpha value is -0.550. The van der Waals surface area contributed by atoms with Crippen LogP contribution >= 0.6 is 38.9 Å². The highest BCUT2D eigenvalue weighted by Gasteiger charge is 2.03. The summed E-state index contributed by atoms with van der Waals surface area (Å²) in [5.41, 5.74) is 2.11. The largest absolute Gasteiger partial charge is 0.492 e. The molecular weight excluding hydrogens is 358 g/mol. The summed E-state index contributed by atoms with van der Waals surface area (Å²) in [4.78, 5) is 1.31. The van der Waals surface area contributed by atoms with E-state index in [1.807, 2.05) is 26.0 Å². The summed E-state index contributed by atoms with van der Waals surface area (Å²) in [6.07, 6.45) is 0. The van der Waals surface area contributed by atoms with Crippen LogP contribution in [0.4, 0.5) is 0 Å². The number of benzene rings is 1. The summed E-state index contributed by atoms with van der Waals surface area (Å²) in [6.45, 7) is 6.33. The molecule has 0 atom stereocenters. The zero-order chi connectivity index (χ0) is 14.5. The zero-order valence-electron chi connectivity index (χ0n) is 11.5. The summed E-state index contributed by atoms with van der Waals surface area (Å²) in [7, 11) is 0. The maximum Gasteiger partial charge on any atom is 0.119 e. The van der Waals surface area contributed by atoms with Gasteiger partial charge in [0.15, 0.2) is 0 Å². The fraction of sp³-hybridized carbons (Fsp3) is 0.333. The molecule has 0 unspecified atom stereocenters. The Kier molecular flexibility index (Phi) is 5.90. The molecule has 0 saturated carbocycles. The first kappa shape index (κ1) is 15.8. The highest BCUT2D eigenvalue weighted by atomic mass is 79.9. The van der Waals surface area contributed by atoms with Crippen molar-refractivity contribution in [1.82, 2.24) is 5.32 Å². The average molecular weight is 375 g/mol. The van der Waals surface area contributed by atoms with E-state index in [2.05, 4.69) is 32.7 Å². The van der Waals surface area contributed by atoms with E-state index >= 15 is 0 Å². The van der Waals surface area contributed by atoms with Crippen molar-refractivity contribution in [3.63, 3.8) is 0 Å². The quantitative estimate of drug-likeness (QED) is 0.722. The molecule has 0 saturated heterocycles.